The highest BCUT2D eigenvalue weighted by atomic mass is 16.6. The van der Waals surface area contributed by atoms with Crippen molar-refractivity contribution in [1.29, 1.82) is 0 Å². The normalized spacial score (nSPS) is 14.0. The van der Waals surface area contributed by atoms with Gasteiger partial charge in [-0.15, -0.1) is 0 Å². The maximum atomic E-state index is 12.5. The van der Waals surface area contributed by atoms with Crippen LogP contribution in [0.2, 0.25) is 0 Å². The number of hydrogen-bond donors (Lipinski definition) is 1. The van der Waals surface area contributed by atoms with Crippen molar-refractivity contribution in [3.63, 3.8) is 0 Å². The highest BCUT2D eigenvalue weighted by molar-refractivity contribution is 6.05. The molecule has 124 valence electrons. The minimum absolute atomic E-state index is 0.168. The fourth-order valence-electron chi connectivity index (χ4n) is 2.73. The molecule has 1 N–H and O–H groups in total. The molecule has 5 heteroatoms. The smallest absolute Gasteiger partial charge is 0.414 e. The van der Waals surface area contributed by atoms with Gasteiger partial charge < -0.3 is 10.1 Å². The number of amides is 2. The summed E-state index contributed by atoms with van der Waals surface area (Å²) in [5.74, 6) is 0.156. The van der Waals surface area contributed by atoms with Crippen molar-refractivity contribution in [3.8, 4) is 0 Å². The summed E-state index contributed by atoms with van der Waals surface area (Å²) >= 11 is 0. The molecule has 2 aromatic rings. The molecule has 1 saturated heterocycles. The average molecular weight is 324 g/mol. The van der Waals surface area contributed by atoms with Gasteiger partial charge in [0.15, 0.2) is 0 Å². The topological polar surface area (TPSA) is 58.6 Å². The number of rotatable bonds is 4. The van der Waals surface area contributed by atoms with Gasteiger partial charge in [-0.1, -0.05) is 32.0 Å². The average Bonchev–Trinajstić information content (AvgIpc) is 3.01. The lowest BCUT2D eigenvalue weighted by atomic mass is 10.0. The van der Waals surface area contributed by atoms with Crippen molar-refractivity contribution in [1.82, 2.24) is 0 Å². The first kappa shape index (κ1) is 16.1. The second-order valence-electron chi connectivity index (χ2n) is 6.01. The van der Waals surface area contributed by atoms with Gasteiger partial charge in [-0.25, -0.2) is 4.79 Å². The number of benzene rings is 2. The van der Waals surface area contributed by atoms with E-state index in [2.05, 4.69) is 19.2 Å². The van der Waals surface area contributed by atoms with E-state index < -0.39 is 0 Å². The molecule has 1 aliphatic heterocycles. The number of nitrogens with zero attached hydrogens (tertiary/aromatic N) is 1. The van der Waals surface area contributed by atoms with Crippen LogP contribution in [0.5, 0.6) is 0 Å². The third-order valence-electron chi connectivity index (χ3n) is 4.03. The highest BCUT2D eigenvalue weighted by Gasteiger charge is 2.23. The third kappa shape index (κ3) is 3.25. The van der Waals surface area contributed by atoms with E-state index in [9.17, 15) is 9.59 Å². The monoisotopic (exact) mass is 324 g/mol. The van der Waals surface area contributed by atoms with E-state index in [4.69, 9.17) is 4.74 Å². The fourth-order valence-corrected chi connectivity index (χ4v) is 2.73. The molecule has 0 spiro atoms. The Balaban J connectivity index is 1.75. The van der Waals surface area contributed by atoms with Crippen LogP contribution in [0.3, 0.4) is 0 Å². The van der Waals surface area contributed by atoms with Crippen LogP contribution in [0.25, 0.3) is 0 Å². The quantitative estimate of drug-likeness (QED) is 0.924. The van der Waals surface area contributed by atoms with Gasteiger partial charge in [-0.05, 0) is 41.8 Å². The molecule has 1 fully saturated rings. The Morgan fingerprint density at radius 1 is 1.12 bits per heavy atom. The van der Waals surface area contributed by atoms with Crippen LogP contribution < -0.4 is 10.2 Å². The predicted octanol–water partition coefficient (Wildman–Crippen LogP) is 4.02. The van der Waals surface area contributed by atoms with Crippen molar-refractivity contribution >= 4 is 23.4 Å². The first-order chi connectivity index (χ1) is 11.6. The lowest BCUT2D eigenvalue weighted by Crippen LogP contribution is -2.23. The number of para-hydroxylation sites is 1. The number of hydrogen-bond acceptors (Lipinski definition) is 3. The first-order valence-electron chi connectivity index (χ1n) is 8.01. The predicted molar refractivity (Wildman–Crippen MR) is 93.6 cm³/mol. The standard InChI is InChI=1S/C19H20N2O3/c1-13(2)16-5-3-4-6-17(16)20-18(22)14-7-9-15(10-8-14)21-11-12-24-19(21)23/h3-10,13H,11-12H2,1-2H3,(H,20,22). The van der Waals surface area contributed by atoms with Crippen LogP contribution in [0.1, 0.15) is 35.7 Å². The van der Waals surface area contributed by atoms with Crippen LogP contribution in [0.15, 0.2) is 48.5 Å². The number of ether oxygens (including phenoxy) is 1. The zero-order valence-electron chi connectivity index (χ0n) is 13.8. The van der Waals surface area contributed by atoms with Crippen molar-refractivity contribution in [3.05, 3.63) is 59.7 Å². The van der Waals surface area contributed by atoms with Gasteiger partial charge in [-0.3, -0.25) is 9.69 Å². The molecule has 1 heterocycles. The minimum Gasteiger partial charge on any atom is -0.447 e. The molecule has 24 heavy (non-hydrogen) atoms. The maximum Gasteiger partial charge on any atom is 0.414 e. The Hall–Kier alpha value is -2.82. The Morgan fingerprint density at radius 3 is 2.46 bits per heavy atom. The van der Waals surface area contributed by atoms with E-state index in [0.29, 0.717) is 24.6 Å². The van der Waals surface area contributed by atoms with E-state index in [1.807, 2.05) is 24.3 Å². The Labute approximate surface area is 141 Å². The van der Waals surface area contributed by atoms with Crippen LogP contribution in [0.4, 0.5) is 16.2 Å². The second-order valence-corrected chi connectivity index (χ2v) is 6.01. The summed E-state index contributed by atoms with van der Waals surface area (Å²) < 4.78 is 4.92. The summed E-state index contributed by atoms with van der Waals surface area (Å²) in [6.07, 6.45) is -0.349. The zero-order chi connectivity index (χ0) is 17.1. The summed E-state index contributed by atoms with van der Waals surface area (Å²) in [4.78, 5) is 25.6. The van der Waals surface area contributed by atoms with Gasteiger partial charge in [0.05, 0.1) is 6.54 Å². The molecule has 0 aromatic heterocycles. The van der Waals surface area contributed by atoms with Crippen molar-refractivity contribution < 1.29 is 14.3 Å². The zero-order valence-corrected chi connectivity index (χ0v) is 13.8. The summed E-state index contributed by atoms with van der Waals surface area (Å²) in [6, 6.07) is 14.7. The molecule has 5 nitrogen and oxygen atoms in total. The SMILES string of the molecule is CC(C)c1ccccc1NC(=O)c1ccc(N2CCOC2=O)cc1. The van der Waals surface area contributed by atoms with E-state index >= 15 is 0 Å². The fraction of sp³-hybridized carbons (Fsp3) is 0.263. The van der Waals surface area contributed by atoms with Crippen LogP contribution >= 0.6 is 0 Å². The lowest BCUT2D eigenvalue weighted by molar-refractivity contribution is 0.102. The molecule has 1 aliphatic rings. The van der Waals surface area contributed by atoms with Crippen LogP contribution in [-0.4, -0.2) is 25.2 Å². The molecule has 0 aliphatic carbocycles. The summed E-state index contributed by atoms with van der Waals surface area (Å²) in [5.41, 5.74) is 3.20. The van der Waals surface area contributed by atoms with E-state index in [1.54, 1.807) is 29.2 Å². The molecule has 0 atom stereocenters. The Morgan fingerprint density at radius 2 is 1.83 bits per heavy atom. The Kier molecular flexibility index (Phi) is 4.51. The van der Waals surface area contributed by atoms with Crippen molar-refractivity contribution in [2.45, 2.75) is 19.8 Å². The van der Waals surface area contributed by atoms with Crippen molar-refractivity contribution in [2.75, 3.05) is 23.4 Å². The van der Waals surface area contributed by atoms with Gasteiger partial charge in [-0.2, -0.15) is 0 Å². The molecule has 0 radical (unpaired) electrons. The highest BCUT2D eigenvalue weighted by Crippen LogP contribution is 2.25. The van der Waals surface area contributed by atoms with Gasteiger partial charge >= 0.3 is 6.09 Å². The van der Waals surface area contributed by atoms with E-state index in [1.165, 1.54) is 0 Å². The number of cyclic esters (lactones) is 1. The van der Waals surface area contributed by atoms with E-state index in [0.717, 1.165) is 16.9 Å². The first-order valence-corrected chi connectivity index (χ1v) is 8.01. The summed E-state index contributed by atoms with van der Waals surface area (Å²) in [5, 5.41) is 2.96. The second kappa shape index (κ2) is 6.74. The molecule has 0 unspecified atom stereocenters. The van der Waals surface area contributed by atoms with E-state index in [-0.39, 0.29) is 12.0 Å². The molecule has 2 aromatic carbocycles. The molecule has 3 rings (SSSR count). The molecule has 0 saturated carbocycles. The largest absolute Gasteiger partial charge is 0.447 e. The number of carbonyl (C=O) groups is 2. The third-order valence-corrected chi connectivity index (χ3v) is 4.03. The summed E-state index contributed by atoms with van der Waals surface area (Å²) in [6.45, 7) is 5.11. The molecular weight excluding hydrogens is 304 g/mol. The van der Waals surface area contributed by atoms with Crippen LogP contribution in [-0.2, 0) is 4.74 Å². The van der Waals surface area contributed by atoms with Gasteiger partial charge in [0, 0.05) is 16.9 Å². The number of anilines is 2. The molecular formula is C19H20N2O3. The lowest BCUT2D eigenvalue weighted by Gasteiger charge is -2.15. The van der Waals surface area contributed by atoms with Gasteiger partial charge in [0.25, 0.3) is 5.91 Å². The van der Waals surface area contributed by atoms with Gasteiger partial charge in [0.2, 0.25) is 0 Å². The number of carbonyl (C=O) groups excluding carboxylic acids is 2. The van der Waals surface area contributed by atoms with Crippen LogP contribution in [0, 0.1) is 0 Å². The van der Waals surface area contributed by atoms with Gasteiger partial charge in [0.1, 0.15) is 6.61 Å². The molecule has 0 bridgehead atoms. The number of nitrogens with one attached hydrogen (secondary N) is 1. The molecule has 2 amide bonds. The Bertz CT molecular complexity index is 753. The summed E-state index contributed by atoms with van der Waals surface area (Å²) in [7, 11) is 0. The minimum atomic E-state index is -0.349. The maximum absolute atomic E-state index is 12.5. The van der Waals surface area contributed by atoms with Crippen molar-refractivity contribution in [2.24, 2.45) is 0 Å².